The second kappa shape index (κ2) is 9.48. The van der Waals surface area contributed by atoms with Crippen LogP contribution < -0.4 is 0 Å². The van der Waals surface area contributed by atoms with Crippen LogP contribution in [0, 0.1) is 44.4 Å². The molecule has 2 aromatic rings. The average molecular weight is 550 g/mol. The fraction of sp³-hybridized carbons (Fsp3) is 0.462. The summed E-state index contributed by atoms with van der Waals surface area (Å²) in [6, 6.07) is 12.9. The van der Waals surface area contributed by atoms with Crippen molar-refractivity contribution in [2.24, 2.45) is 26.7 Å². The van der Waals surface area contributed by atoms with Gasteiger partial charge in [-0.3, -0.25) is 9.98 Å². The van der Waals surface area contributed by atoms with Gasteiger partial charge in [0.05, 0.1) is 22.8 Å². The van der Waals surface area contributed by atoms with Crippen LogP contribution in [0.2, 0.25) is 0 Å². The Morgan fingerprint density at radius 3 is 1.68 bits per heavy atom. The number of fused-ring (bicyclic) bond motifs is 2. The van der Waals surface area contributed by atoms with Gasteiger partial charge in [0.25, 0.3) is 0 Å². The van der Waals surface area contributed by atoms with Gasteiger partial charge >= 0.3 is 35.0 Å². The summed E-state index contributed by atoms with van der Waals surface area (Å²) in [7, 11) is 9.63. The summed E-state index contributed by atoms with van der Waals surface area (Å²) in [5.74, 6) is 0.472. The van der Waals surface area contributed by atoms with E-state index in [-0.39, 0.29) is 26.8 Å². The minimum absolute atomic E-state index is 0.0712. The Balaban J connectivity index is 0.000000858. The van der Waals surface area contributed by atoms with Crippen LogP contribution in [0.1, 0.15) is 55.9 Å². The molecule has 2 atom stereocenters. The zero-order chi connectivity index (χ0) is 23.0. The molecule has 2 aromatic carbocycles. The monoisotopic (exact) mass is 548 g/mol. The van der Waals surface area contributed by atoms with Crippen LogP contribution in [0.3, 0.4) is 0 Å². The van der Waals surface area contributed by atoms with E-state index in [1.807, 2.05) is 0 Å². The number of aliphatic imine (C=N–C) groups is 2. The quantitative estimate of drug-likeness (QED) is 0.335. The Bertz CT molecular complexity index is 1000. The Kier molecular flexibility index (Phi) is 7.54. The number of nitrogens with zero attached hydrogens (tertiary/aromatic N) is 2. The fourth-order valence-corrected chi connectivity index (χ4v) is 5.36. The second-order valence-corrected chi connectivity index (χ2v) is 12.0. The molecular weight excluding hydrogens is 518 g/mol. The van der Waals surface area contributed by atoms with Crippen LogP contribution in [-0.4, -0.2) is 11.4 Å². The molecule has 2 saturated carbocycles. The molecule has 2 bridgehead atoms. The molecule has 0 radical (unpaired) electrons. The molecule has 2 nitrogen and oxygen atoms in total. The normalized spacial score (nSPS) is 26.4. The molecule has 0 saturated heterocycles. The topological polar surface area (TPSA) is 24.7 Å². The number of halogens is 2. The van der Waals surface area contributed by atoms with E-state index in [1.165, 1.54) is 46.5 Å². The number of aryl methyl sites for hydroxylation is 4. The molecule has 2 fully saturated rings. The molecule has 0 spiro atoms. The van der Waals surface area contributed by atoms with Crippen LogP contribution in [0.4, 0.5) is 11.4 Å². The van der Waals surface area contributed by atoms with Gasteiger partial charge in [-0.25, -0.2) is 0 Å². The van der Waals surface area contributed by atoms with Gasteiger partial charge in [0, 0.05) is 11.3 Å². The molecule has 0 N–H and O–H groups in total. The molecular formula is C26H32Cl2N2Pd. The fourth-order valence-electron chi connectivity index (χ4n) is 5.36. The van der Waals surface area contributed by atoms with Gasteiger partial charge in [-0.1, -0.05) is 57.2 Å². The number of benzene rings is 2. The zero-order valence-corrected chi connectivity index (χ0v) is 22.5. The predicted molar refractivity (Wildman–Crippen MR) is 132 cm³/mol. The number of rotatable bonds is 2. The molecule has 0 aliphatic heterocycles. The summed E-state index contributed by atoms with van der Waals surface area (Å²) < 4.78 is 0. The maximum absolute atomic E-state index is 5.33. The van der Waals surface area contributed by atoms with Crippen molar-refractivity contribution in [2.45, 2.75) is 61.3 Å². The summed E-state index contributed by atoms with van der Waals surface area (Å²) in [6.45, 7) is 15.9. The molecule has 31 heavy (non-hydrogen) atoms. The van der Waals surface area contributed by atoms with Gasteiger partial charge in [-0.2, -0.15) is 0 Å². The van der Waals surface area contributed by atoms with Gasteiger partial charge in [-0.15, -0.1) is 0 Å². The van der Waals surface area contributed by atoms with Crippen LogP contribution in [0.15, 0.2) is 46.4 Å². The van der Waals surface area contributed by atoms with Crippen LogP contribution in [0.5, 0.6) is 0 Å². The van der Waals surface area contributed by atoms with E-state index >= 15 is 0 Å². The van der Waals surface area contributed by atoms with Crippen molar-refractivity contribution in [1.29, 1.82) is 0 Å². The summed E-state index contributed by atoms with van der Waals surface area (Å²) in [4.78, 5) is 10.6. The van der Waals surface area contributed by atoms with Crippen LogP contribution in [-0.2, 0) is 15.9 Å². The van der Waals surface area contributed by atoms with Crippen molar-refractivity contribution in [3.05, 3.63) is 58.7 Å². The van der Waals surface area contributed by atoms with E-state index in [9.17, 15) is 0 Å². The van der Waals surface area contributed by atoms with Gasteiger partial charge in [0.15, 0.2) is 0 Å². The maximum atomic E-state index is 5.33. The third-order valence-corrected chi connectivity index (χ3v) is 7.66. The summed E-state index contributed by atoms with van der Waals surface area (Å²) in [5, 5.41) is 0. The Labute approximate surface area is 203 Å². The van der Waals surface area contributed by atoms with Crippen LogP contribution >= 0.6 is 19.1 Å². The first-order valence-corrected chi connectivity index (χ1v) is 14.7. The first-order chi connectivity index (χ1) is 14.6. The number of hydrogen-bond acceptors (Lipinski definition) is 2. The minimum atomic E-state index is -0.106. The summed E-state index contributed by atoms with van der Waals surface area (Å²) >= 11 is -0.106. The molecule has 170 valence electrons. The summed E-state index contributed by atoms with van der Waals surface area (Å²) in [5.41, 5.74) is 9.89. The van der Waals surface area contributed by atoms with Crippen molar-refractivity contribution < 1.29 is 15.9 Å². The van der Waals surface area contributed by atoms with Gasteiger partial charge in [0.1, 0.15) is 0 Å². The van der Waals surface area contributed by atoms with Gasteiger partial charge < -0.3 is 0 Å². The molecule has 2 aliphatic rings. The average Bonchev–Trinajstić information content (AvgIpc) is 3.01. The third kappa shape index (κ3) is 4.32. The number of hydrogen-bond donors (Lipinski definition) is 0. The van der Waals surface area contributed by atoms with Crippen molar-refractivity contribution in [3.8, 4) is 0 Å². The standard InChI is InChI=1S/C26H32N2.2ClH.Pd/c1-16-10-8-11-17(2)21(16)27-23-20-14-15-26(7,25(20,5)6)24(23)28-22-18(3)12-9-13-19(22)4;;;/h8-13,20H,14-15H2,1-7H3;2*1H;/q;;;+2/p-2. The first kappa shape index (κ1) is 24.7. The molecule has 0 heterocycles. The van der Waals surface area contributed by atoms with E-state index in [1.54, 1.807) is 0 Å². The molecule has 0 amide bonds. The van der Waals surface area contributed by atoms with Gasteiger partial charge in [0.2, 0.25) is 0 Å². The molecule has 0 aromatic heterocycles. The molecule has 2 aliphatic carbocycles. The van der Waals surface area contributed by atoms with Crippen molar-refractivity contribution >= 4 is 41.9 Å². The van der Waals surface area contributed by atoms with Crippen molar-refractivity contribution in [3.63, 3.8) is 0 Å². The van der Waals surface area contributed by atoms with E-state index in [0.29, 0.717) is 5.92 Å². The SMILES string of the molecule is Cc1cccc(C)c1N=C1C(=Nc2c(C)cccc2C)C2(C)CCC1C2(C)C.[Cl][Pd][Cl]. The predicted octanol–water partition coefficient (Wildman–Crippen LogP) is 8.60. The molecule has 5 heteroatoms. The van der Waals surface area contributed by atoms with E-state index in [2.05, 4.69) is 84.9 Å². The zero-order valence-electron chi connectivity index (χ0n) is 19.4. The first-order valence-electron chi connectivity index (χ1n) is 10.7. The van der Waals surface area contributed by atoms with Crippen LogP contribution in [0.25, 0.3) is 0 Å². The van der Waals surface area contributed by atoms with Crippen molar-refractivity contribution in [2.75, 3.05) is 0 Å². The third-order valence-electron chi connectivity index (χ3n) is 7.66. The van der Waals surface area contributed by atoms with Crippen molar-refractivity contribution in [1.82, 2.24) is 0 Å². The number of para-hydroxylation sites is 2. The summed E-state index contributed by atoms with van der Waals surface area (Å²) in [6.07, 6.45) is 2.40. The molecule has 4 rings (SSSR count). The Morgan fingerprint density at radius 2 is 1.23 bits per heavy atom. The second-order valence-electron chi connectivity index (χ2n) is 9.63. The Morgan fingerprint density at radius 1 is 0.806 bits per heavy atom. The van der Waals surface area contributed by atoms with E-state index in [4.69, 9.17) is 29.0 Å². The Hall–Kier alpha value is -0.978. The van der Waals surface area contributed by atoms with E-state index < -0.39 is 0 Å². The molecule has 2 unspecified atom stereocenters. The van der Waals surface area contributed by atoms with Gasteiger partial charge in [-0.05, 0) is 68.2 Å². The van der Waals surface area contributed by atoms with E-state index in [0.717, 1.165) is 11.4 Å².